The summed E-state index contributed by atoms with van der Waals surface area (Å²) in [6.07, 6.45) is 6.46. The van der Waals surface area contributed by atoms with Crippen LogP contribution in [-0.4, -0.2) is 36.0 Å². The number of carbonyl (C=O) groups excluding carboxylic acids is 1. The van der Waals surface area contributed by atoms with Gasteiger partial charge in [-0.3, -0.25) is 4.79 Å². The van der Waals surface area contributed by atoms with Crippen molar-refractivity contribution in [2.45, 2.75) is 51.0 Å². The highest BCUT2D eigenvalue weighted by molar-refractivity contribution is 5.80. The molecule has 1 saturated heterocycles. The van der Waals surface area contributed by atoms with E-state index >= 15 is 0 Å². The van der Waals surface area contributed by atoms with Crippen molar-refractivity contribution in [1.29, 1.82) is 0 Å². The average molecular weight is 253 g/mol. The quantitative estimate of drug-likeness (QED) is 0.774. The Labute approximate surface area is 110 Å². The third-order valence-corrected chi connectivity index (χ3v) is 4.72. The van der Waals surface area contributed by atoms with Gasteiger partial charge in [0.15, 0.2) is 0 Å². The van der Waals surface area contributed by atoms with E-state index in [1.54, 1.807) is 0 Å². The van der Waals surface area contributed by atoms with Gasteiger partial charge < -0.3 is 16.4 Å². The molecule has 0 radical (unpaired) electrons. The van der Waals surface area contributed by atoms with Gasteiger partial charge in [-0.25, -0.2) is 0 Å². The number of hydrogen-bond acceptors (Lipinski definition) is 3. The Kier molecular flexibility index (Phi) is 4.28. The van der Waals surface area contributed by atoms with E-state index in [1.165, 1.54) is 0 Å². The zero-order chi connectivity index (χ0) is 13.2. The molecule has 18 heavy (non-hydrogen) atoms. The fourth-order valence-electron chi connectivity index (χ4n) is 3.44. The van der Waals surface area contributed by atoms with Crippen LogP contribution in [-0.2, 0) is 4.79 Å². The van der Waals surface area contributed by atoms with E-state index in [2.05, 4.69) is 0 Å². The second-order valence-electron chi connectivity index (χ2n) is 6.33. The van der Waals surface area contributed by atoms with Gasteiger partial charge in [-0.1, -0.05) is 12.8 Å². The first-order valence-electron chi connectivity index (χ1n) is 7.32. The first kappa shape index (κ1) is 13.8. The summed E-state index contributed by atoms with van der Waals surface area (Å²) in [6.45, 7) is 4.46. The highest BCUT2D eigenvalue weighted by Crippen LogP contribution is 2.33. The largest absolute Gasteiger partial charge is 0.342 e. The van der Waals surface area contributed by atoms with Gasteiger partial charge in [-0.2, -0.15) is 0 Å². The molecule has 0 spiro atoms. The van der Waals surface area contributed by atoms with Crippen LogP contribution >= 0.6 is 0 Å². The van der Waals surface area contributed by atoms with Crippen molar-refractivity contribution in [1.82, 2.24) is 4.90 Å². The third kappa shape index (κ3) is 2.86. The molecule has 2 rings (SSSR count). The van der Waals surface area contributed by atoms with E-state index < -0.39 is 0 Å². The van der Waals surface area contributed by atoms with E-state index in [9.17, 15) is 4.79 Å². The minimum atomic E-state index is -0.314. The molecule has 0 aromatic rings. The minimum absolute atomic E-state index is 0.0165. The van der Waals surface area contributed by atoms with Crippen molar-refractivity contribution in [3.8, 4) is 0 Å². The number of nitrogens with zero attached hydrogens (tertiary/aromatic N) is 1. The topological polar surface area (TPSA) is 72.4 Å². The number of carbonyl (C=O) groups is 1. The van der Waals surface area contributed by atoms with Crippen LogP contribution in [0.15, 0.2) is 0 Å². The number of likely N-dealkylation sites (tertiary alicyclic amines) is 1. The van der Waals surface area contributed by atoms with Crippen molar-refractivity contribution in [2.75, 3.05) is 19.6 Å². The highest BCUT2D eigenvalue weighted by atomic mass is 16.2. The fraction of sp³-hybridized carbons (Fsp3) is 0.929. The molecule has 4 N–H and O–H groups in total. The van der Waals surface area contributed by atoms with Gasteiger partial charge in [0.05, 0.1) is 5.92 Å². The fourth-order valence-corrected chi connectivity index (χ4v) is 3.44. The summed E-state index contributed by atoms with van der Waals surface area (Å²) < 4.78 is 0. The van der Waals surface area contributed by atoms with Crippen LogP contribution in [0, 0.1) is 11.8 Å². The van der Waals surface area contributed by atoms with Gasteiger partial charge in [-0.05, 0) is 45.1 Å². The van der Waals surface area contributed by atoms with Crippen LogP contribution in [0.3, 0.4) is 0 Å². The van der Waals surface area contributed by atoms with Gasteiger partial charge in [0.1, 0.15) is 0 Å². The molecule has 2 aliphatic rings. The van der Waals surface area contributed by atoms with Crippen molar-refractivity contribution in [3.63, 3.8) is 0 Å². The lowest BCUT2D eigenvalue weighted by molar-refractivity contribution is -0.140. The van der Waals surface area contributed by atoms with Gasteiger partial charge in [-0.15, -0.1) is 0 Å². The molecular formula is C14H27N3O. The number of piperidine rings is 1. The normalized spacial score (nSPS) is 37.6. The van der Waals surface area contributed by atoms with Crippen molar-refractivity contribution in [3.05, 3.63) is 0 Å². The molecule has 3 atom stereocenters. The molecule has 4 nitrogen and oxygen atoms in total. The molecule has 1 amide bonds. The van der Waals surface area contributed by atoms with Crippen molar-refractivity contribution >= 4 is 5.91 Å². The smallest absolute Gasteiger partial charge is 0.227 e. The highest BCUT2D eigenvalue weighted by Gasteiger charge is 2.40. The zero-order valence-electron chi connectivity index (χ0n) is 11.5. The molecule has 4 heteroatoms. The van der Waals surface area contributed by atoms with Crippen molar-refractivity contribution < 1.29 is 4.79 Å². The summed E-state index contributed by atoms with van der Waals surface area (Å²) in [4.78, 5) is 14.7. The van der Waals surface area contributed by atoms with Crippen LogP contribution in [0.2, 0.25) is 0 Å². The molecule has 3 unspecified atom stereocenters. The lowest BCUT2D eigenvalue weighted by atomic mass is 9.73. The molecule has 0 aromatic heterocycles. The molecule has 1 saturated carbocycles. The first-order valence-corrected chi connectivity index (χ1v) is 7.32. The van der Waals surface area contributed by atoms with Crippen LogP contribution in [0.1, 0.15) is 45.4 Å². The van der Waals surface area contributed by atoms with Crippen LogP contribution in [0.4, 0.5) is 0 Å². The van der Waals surface area contributed by atoms with Crippen LogP contribution in [0.25, 0.3) is 0 Å². The van der Waals surface area contributed by atoms with Crippen molar-refractivity contribution in [2.24, 2.45) is 23.3 Å². The Balaban J connectivity index is 2.01. The maximum absolute atomic E-state index is 12.6. The first-order chi connectivity index (χ1) is 8.54. The second-order valence-corrected chi connectivity index (χ2v) is 6.33. The molecular weight excluding hydrogens is 226 g/mol. The Morgan fingerprint density at radius 3 is 2.78 bits per heavy atom. The molecule has 2 fully saturated rings. The van der Waals surface area contributed by atoms with Gasteiger partial charge in [0.2, 0.25) is 5.91 Å². The summed E-state index contributed by atoms with van der Waals surface area (Å²) in [5, 5.41) is 0. The van der Waals surface area contributed by atoms with Crippen LogP contribution in [0.5, 0.6) is 0 Å². The molecule has 0 bridgehead atoms. The third-order valence-electron chi connectivity index (χ3n) is 4.72. The van der Waals surface area contributed by atoms with Crippen LogP contribution < -0.4 is 11.5 Å². The summed E-state index contributed by atoms with van der Waals surface area (Å²) in [5.41, 5.74) is 11.7. The van der Waals surface area contributed by atoms with E-state index in [4.69, 9.17) is 11.5 Å². The Morgan fingerprint density at radius 1 is 1.33 bits per heavy atom. The Morgan fingerprint density at radius 2 is 2.11 bits per heavy atom. The maximum atomic E-state index is 12.6. The SMILES string of the molecule is CC1(N)CCCCC1C(=O)N1CCCC(CN)C1. The van der Waals surface area contributed by atoms with Gasteiger partial charge in [0, 0.05) is 18.6 Å². The Hall–Kier alpha value is -0.610. The summed E-state index contributed by atoms with van der Waals surface area (Å²) in [6, 6.07) is 0. The summed E-state index contributed by atoms with van der Waals surface area (Å²) >= 11 is 0. The number of nitrogens with two attached hydrogens (primary N) is 2. The van der Waals surface area contributed by atoms with E-state index in [-0.39, 0.29) is 17.4 Å². The van der Waals surface area contributed by atoms with E-state index in [0.717, 1.165) is 51.6 Å². The van der Waals surface area contributed by atoms with E-state index in [1.807, 2.05) is 11.8 Å². The van der Waals surface area contributed by atoms with E-state index in [0.29, 0.717) is 12.5 Å². The molecule has 1 aliphatic heterocycles. The lowest BCUT2D eigenvalue weighted by Crippen LogP contribution is -2.55. The summed E-state index contributed by atoms with van der Waals surface area (Å²) in [5.74, 6) is 0.774. The Bertz CT molecular complexity index is 303. The zero-order valence-corrected chi connectivity index (χ0v) is 11.5. The number of hydrogen-bond donors (Lipinski definition) is 2. The molecule has 104 valence electrons. The molecule has 1 heterocycles. The monoisotopic (exact) mass is 253 g/mol. The molecule has 1 aliphatic carbocycles. The second kappa shape index (κ2) is 5.57. The summed E-state index contributed by atoms with van der Waals surface area (Å²) in [7, 11) is 0. The predicted molar refractivity (Wildman–Crippen MR) is 72.9 cm³/mol. The maximum Gasteiger partial charge on any atom is 0.227 e. The van der Waals surface area contributed by atoms with Gasteiger partial charge in [0.25, 0.3) is 0 Å². The predicted octanol–water partition coefficient (Wildman–Crippen LogP) is 1.09. The average Bonchev–Trinajstić information content (AvgIpc) is 2.37. The molecule has 0 aromatic carbocycles. The standard InChI is InChI=1S/C14H27N3O/c1-14(16)7-3-2-6-12(14)13(18)17-8-4-5-11(9-15)10-17/h11-12H,2-10,15-16H2,1H3. The van der Waals surface area contributed by atoms with Gasteiger partial charge >= 0.3 is 0 Å². The number of rotatable bonds is 2. The number of amides is 1. The minimum Gasteiger partial charge on any atom is -0.342 e. The lowest BCUT2D eigenvalue weighted by Gasteiger charge is -2.42.